The zero-order valence-corrected chi connectivity index (χ0v) is 15.0. The molecule has 2 heterocycles. The average Bonchev–Trinajstić information content (AvgIpc) is 3.23. The van der Waals surface area contributed by atoms with Crippen LogP contribution in [0.5, 0.6) is 0 Å². The van der Waals surface area contributed by atoms with Gasteiger partial charge in [-0.15, -0.1) is 11.3 Å². The molecule has 2 heteroatoms. The minimum absolute atomic E-state index is 0.361. The summed E-state index contributed by atoms with van der Waals surface area (Å²) in [7, 11) is 0. The molecule has 1 aromatic heterocycles. The molecule has 2 aliphatic rings. The summed E-state index contributed by atoms with van der Waals surface area (Å²) in [6.45, 7) is 0. The van der Waals surface area contributed by atoms with Gasteiger partial charge in [-0.05, 0) is 35.9 Å². The first-order valence-corrected chi connectivity index (χ1v) is 9.86. The smallest absolute Gasteiger partial charge is 0.0629 e. The molecule has 2 atom stereocenters. The van der Waals surface area contributed by atoms with Crippen molar-refractivity contribution >= 4 is 42.9 Å². The molecule has 0 saturated heterocycles. The number of nitrogens with zero attached hydrogens (tertiary/aromatic N) is 1. The summed E-state index contributed by atoms with van der Waals surface area (Å²) in [4.78, 5) is 2.51. The van der Waals surface area contributed by atoms with E-state index < -0.39 is 0 Å². The molecule has 1 aliphatic heterocycles. The normalized spacial score (nSPS) is 20.7. The minimum atomic E-state index is 0.361. The van der Waals surface area contributed by atoms with Gasteiger partial charge < -0.3 is 4.90 Å². The Hall–Kier alpha value is -2.84. The zero-order chi connectivity index (χ0) is 17.1. The Bertz CT molecular complexity index is 1210. The molecule has 0 saturated carbocycles. The van der Waals surface area contributed by atoms with Gasteiger partial charge in [0.05, 0.1) is 6.04 Å². The lowest BCUT2D eigenvalue weighted by Crippen LogP contribution is -2.28. The molecule has 124 valence electrons. The van der Waals surface area contributed by atoms with Crippen molar-refractivity contribution in [2.24, 2.45) is 0 Å². The van der Waals surface area contributed by atoms with Crippen molar-refractivity contribution in [3.05, 3.63) is 96.6 Å². The van der Waals surface area contributed by atoms with Crippen molar-refractivity contribution in [1.82, 2.24) is 0 Å². The molecular weight excluding hydrogens is 334 g/mol. The number of allylic oxidation sites excluding steroid dienone is 2. The minimum Gasteiger partial charge on any atom is -0.333 e. The number of anilines is 2. The topological polar surface area (TPSA) is 3.24 Å². The molecule has 4 aromatic rings. The fraction of sp³-hybridized carbons (Fsp3) is 0.0833. The maximum absolute atomic E-state index is 2.51. The van der Waals surface area contributed by atoms with E-state index in [2.05, 4.69) is 95.9 Å². The van der Waals surface area contributed by atoms with Crippen molar-refractivity contribution < 1.29 is 0 Å². The maximum atomic E-state index is 2.51. The molecule has 2 unspecified atom stereocenters. The van der Waals surface area contributed by atoms with Crippen LogP contribution in [0.15, 0.2) is 91.0 Å². The van der Waals surface area contributed by atoms with Crippen molar-refractivity contribution in [3.8, 4) is 0 Å². The number of fused-ring (bicyclic) bond motifs is 6. The predicted octanol–water partition coefficient (Wildman–Crippen LogP) is 6.78. The van der Waals surface area contributed by atoms with Crippen molar-refractivity contribution in [1.29, 1.82) is 0 Å². The third kappa shape index (κ3) is 1.91. The van der Waals surface area contributed by atoms with E-state index in [-0.39, 0.29) is 0 Å². The van der Waals surface area contributed by atoms with Gasteiger partial charge in [0.2, 0.25) is 0 Å². The molecule has 0 fully saturated rings. The van der Waals surface area contributed by atoms with E-state index in [9.17, 15) is 0 Å². The summed E-state index contributed by atoms with van der Waals surface area (Å²) in [6.07, 6.45) is 9.03. The summed E-state index contributed by atoms with van der Waals surface area (Å²) in [6, 6.07) is 24.8. The quantitative estimate of drug-likeness (QED) is 0.365. The molecule has 0 bridgehead atoms. The molecule has 3 aromatic carbocycles. The third-order valence-electron chi connectivity index (χ3n) is 5.60. The van der Waals surface area contributed by atoms with Gasteiger partial charge in [-0.1, -0.05) is 60.7 Å². The van der Waals surface area contributed by atoms with Crippen LogP contribution in [-0.2, 0) is 0 Å². The van der Waals surface area contributed by atoms with E-state index >= 15 is 0 Å². The number of para-hydroxylation sites is 1. The van der Waals surface area contributed by atoms with Gasteiger partial charge in [0.1, 0.15) is 0 Å². The van der Waals surface area contributed by atoms with Gasteiger partial charge in [0.15, 0.2) is 0 Å². The van der Waals surface area contributed by atoms with Gasteiger partial charge in [-0.25, -0.2) is 0 Å². The summed E-state index contributed by atoms with van der Waals surface area (Å²) >= 11 is 1.88. The van der Waals surface area contributed by atoms with Crippen LogP contribution in [0.25, 0.3) is 20.2 Å². The second-order valence-corrected chi connectivity index (χ2v) is 8.08. The molecule has 1 aliphatic carbocycles. The van der Waals surface area contributed by atoms with Crippen LogP contribution in [0.3, 0.4) is 0 Å². The van der Waals surface area contributed by atoms with Crippen molar-refractivity contribution in [2.75, 3.05) is 4.90 Å². The number of thiophene rings is 1. The largest absolute Gasteiger partial charge is 0.333 e. The van der Waals surface area contributed by atoms with Crippen molar-refractivity contribution in [2.45, 2.75) is 12.0 Å². The van der Waals surface area contributed by atoms with E-state index in [0.717, 1.165) is 0 Å². The molecule has 1 nitrogen and oxygen atoms in total. The van der Waals surface area contributed by atoms with Crippen LogP contribution in [0.1, 0.15) is 11.5 Å². The Labute approximate surface area is 156 Å². The number of hydrogen-bond acceptors (Lipinski definition) is 2. The summed E-state index contributed by atoms with van der Waals surface area (Å²) in [5.74, 6) is 0.436. The highest BCUT2D eigenvalue weighted by Crippen LogP contribution is 2.48. The van der Waals surface area contributed by atoms with Gasteiger partial charge >= 0.3 is 0 Å². The molecule has 0 spiro atoms. The Morgan fingerprint density at radius 2 is 1.54 bits per heavy atom. The summed E-state index contributed by atoms with van der Waals surface area (Å²) < 4.78 is 2.72. The Kier molecular flexibility index (Phi) is 2.94. The highest BCUT2D eigenvalue weighted by Gasteiger charge is 2.36. The van der Waals surface area contributed by atoms with Gasteiger partial charge in [0, 0.05) is 37.5 Å². The Morgan fingerprint density at radius 1 is 0.731 bits per heavy atom. The summed E-state index contributed by atoms with van der Waals surface area (Å²) in [5.41, 5.74) is 4.03. The van der Waals surface area contributed by atoms with Gasteiger partial charge in [-0.2, -0.15) is 0 Å². The van der Waals surface area contributed by atoms with Crippen LogP contribution < -0.4 is 4.90 Å². The zero-order valence-electron chi connectivity index (χ0n) is 14.2. The number of hydrogen-bond donors (Lipinski definition) is 0. The van der Waals surface area contributed by atoms with Crippen LogP contribution in [0.4, 0.5) is 11.4 Å². The molecule has 26 heavy (non-hydrogen) atoms. The first-order chi connectivity index (χ1) is 12.9. The SMILES string of the molecule is C1=CC2c3ccccc3N(c3ccc4sc5ccccc5c4c3)C2C=C1. The number of benzene rings is 3. The first kappa shape index (κ1) is 14.3. The van der Waals surface area contributed by atoms with Crippen LogP contribution in [0, 0.1) is 0 Å². The van der Waals surface area contributed by atoms with Crippen LogP contribution in [0.2, 0.25) is 0 Å². The fourth-order valence-corrected chi connectivity index (χ4v) is 5.54. The average molecular weight is 351 g/mol. The lowest BCUT2D eigenvalue weighted by Gasteiger charge is -2.28. The second-order valence-electron chi connectivity index (χ2n) is 6.99. The predicted molar refractivity (Wildman–Crippen MR) is 113 cm³/mol. The lowest BCUT2D eigenvalue weighted by atomic mass is 9.91. The van der Waals surface area contributed by atoms with E-state index in [1.807, 2.05) is 11.3 Å². The van der Waals surface area contributed by atoms with Crippen LogP contribution >= 0.6 is 11.3 Å². The van der Waals surface area contributed by atoms with Crippen LogP contribution in [-0.4, -0.2) is 6.04 Å². The molecule has 6 rings (SSSR count). The fourth-order valence-electron chi connectivity index (χ4n) is 4.45. The Balaban J connectivity index is 1.59. The number of rotatable bonds is 1. The highest BCUT2D eigenvalue weighted by atomic mass is 32.1. The monoisotopic (exact) mass is 351 g/mol. The van der Waals surface area contributed by atoms with E-state index in [1.165, 1.54) is 37.1 Å². The molecular formula is C24H17NS. The first-order valence-electron chi connectivity index (χ1n) is 9.05. The lowest BCUT2D eigenvalue weighted by molar-refractivity contribution is 0.745. The van der Waals surface area contributed by atoms with Crippen molar-refractivity contribution in [3.63, 3.8) is 0 Å². The molecule has 0 N–H and O–H groups in total. The Morgan fingerprint density at radius 3 is 2.54 bits per heavy atom. The maximum Gasteiger partial charge on any atom is 0.0629 e. The highest BCUT2D eigenvalue weighted by molar-refractivity contribution is 7.25. The third-order valence-corrected chi connectivity index (χ3v) is 6.75. The van der Waals surface area contributed by atoms with E-state index in [0.29, 0.717) is 12.0 Å². The van der Waals surface area contributed by atoms with E-state index in [1.54, 1.807) is 0 Å². The summed E-state index contributed by atoms with van der Waals surface area (Å²) in [5, 5.41) is 2.72. The van der Waals surface area contributed by atoms with Gasteiger partial charge in [0.25, 0.3) is 0 Å². The van der Waals surface area contributed by atoms with Gasteiger partial charge in [-0.3, -0.25) is 0 Å². The standard InChI is InChI=1S/C24H17NS/c1-4-10-21-17(7-1)18-8-2-5-11-22(18)25(21)16-13-14-24-20(15-16)19-9-3-6-12-23(19)26-24/h1-15,17,21H. The molecule has 0 radical (unpaired) electrons. The molecule has 0 amide bonds. The second kappa shape index (κ2) is 5.33. The van der Waals surface area contributed by atoms with E-state index in [4.69, 9.17) is 0 Å².